The number of aliphatic hydroxyl groups is 1. The van der Waals surface area contributed by atoms with E-state index in [9.17, 15) is 19.4 Å². The number of allylic oxidation sites excluding steroid dienone is 2. The first kappa shape index (κ1) is 46.2. The minimum Gasteiger partial charge on any atom is -0.391 e. The highest BCUT2D eigenvalue weighted by molar-refractivity contribution is 7.47. The van der Waals surface area contributed by atoms with Crippen LogP contribution in [0.1, 0.15) is 174 Å². The summed E-state index contributed by atoms with van der Waals surface area (Å²) in [5, 5.41) is 13.8. The molecule has 0 saturated carbocycles. The minimum absolute atomic E-state index is 0.0716. The summed E-state index contributed by atoms with van der Waals surface area (Å²) in [6.07, 6.45) is 32.4. The summed E-state index contributed by atoms with van der Waals surface area (Å²) in [5.41, 5.74) is 0. The van der Waals surface area contributed by atoms with E-state index >= 15 is 0 Å². The van der Waals surface area contributed by atoms with Crippen LogP contribution in [0.3, 0.4) is 0 Å². The van der Waals surface area contributed by atoms with Crippen LogP contribution in [0, 0.1) is 0 Å². The number of hydrogen-bond acceptors (Lipinski definition) is 5. The molecule has 0 saturated heterocycles. The van der Waals surface area contributed by atoms with Gasteiger partial charge >= 0.3 is 7.82 Å². The van der Waals surface area contributed by atoms with Crippen LogP contribution in [0.2, 0.25) is 0 Å². The average molecular weight is 690 g/mol. The van der Waals surface area contributed by atoms with E-state index in [1.54, 1.807) is 0 Å². The van der Waals surface area contributed by atoms with Crippen molar-refractivity contribution in [2.45, 2.75) is 187 Å². The highest BCUT2D eigenvalue weighted by atomic mass is 31.2. The molecule has 9 heteroatoms. The van der Waals surface area contributed by atoms with Crippen LogP contribution in [0.25, 0.3) is 0 Å². The lowest BCUT2D eigenvalue weighted by Crippen LogP contribution is -2.46. The van der Waals surface area contributed by atoms with Crippen molar-refractivity contribution < 1.29 is 32.9 Å². The monoisotopic (exact) mass is 690 g/mol. The van der Waals surface area contributed by atoms with Gasteiger partial charge < -0.3 is 19.8 Å². The molecular formula is C38H78N2O6P+. The van der Waals surface area contributed by atoms with Gasteiger partial charge in [-0.3, -0.25) is 13.8 Å². The largest absolute Gasteiger partial charge is 0.472 e. The third-order valence-corrected chi connectivity index (χ3v) is 9.75. The second-order valence-electron chi connectivity index (χ2n) is 14.7. The van der Waals surface area contributed by atoms with Gasteiger partial charge in [-0.2, -0.15) is 0 Å². The molecule has 0 radical (unpaired) electrons. The Morgan fingerprint density at radius 3 is 1.64 bits per heavy atom. The standard InChI is InChI=1S/C38H77N2O6P/c1-6-8-10-12-14-16-18-19-20-21-22-24-26-28-30-32-38(42)39-36(35-46-47(43,44)45-34-33-40(3,4)5)37(41)31-29-27-25-23-17-15-13-11-9-7-2/h17,23,36-37,41H,6-16,18-22,24-35H2,1-5H3,(H-,39,42,43,44)/p+1/b23-17+/t36-,37+/m0/s1. The number of carbonyl (C=O) groups excluding carboxylic acids is 1. The Morgan fingerprint density at radius 1 is 0.702 bits per heavy atom. The molecule has 1 amide bonds. The molecule has 3 N–H and O–H groups in total. The van der Waals surface area contributed by atoms with Crippen LogP contribution in [0.15, 0.2) is 12.2 Å². The molecule has 0 aliphatic heterocycles. The molecule has 0 bridgehead atoms. The zero-order chi connectivity index (χ0) is 35.1. The van der Waals surface area contributed by atoms with Crippen molar-refractivity contribution >= 4 is 13.7 Å². The van der Waals surface area contributed by atoms with Crippen LogP contribution < -0.4 is 5.32 Å². The van der Waals surface area contributed by atoms with Gasteiger partial charge in [-0.25, -0.2) is 4.57 Å². The fourth-order valence-corrected chi connectivity index (χ4v) is 6.30. The molecule has 0 aromatic heterocycles. The molecule has 3 atom stereocenters. The van der Waals surface area contributed by atoms with Gasteiger partial charge in [0, 0.05) is 6.42 Å². The molecule has 1 unspecified atom stereocenters. The number of phosphoric acid groups is 1. The Hall–Kier alpha value is -0.760. The normalized spacial score (nSPS) is 14.8. The second-order valence-corrected chi connectivity index (χ2v) is 16.1. The van der Waals surface area contributed by atoms with Crippen molar-refractivity contribution in [3.8, 4) is 0 Å². The first-order chi connectivity index (χ1) is 22.5. The smallest absolute Gasteiger partial charge is 0.391 e. The lowest BCUT2D eigenvalue weighted by molar-refractivity contribution is -0.870. The molecule has 47 heavy (non-hydrogen) atoms. The van der Waals surface area contributed by atoms with Gasteiger partial charge in [0.15, 0.2) is 0 Å². The maximum absolute atomic E-state index is 12.8. The quantitative estimate of drug-likeness (QED) is 0.0265. The van der Waals surface area contributed by atoms with Gasteiger partial charge in [-0.1, -0.05) is 142 Å². The number of hydrogen-bond donors (Lipinski definition) is 3. The van der Waals surface area contributed by atoms with Crippen molar-refractivity contribution in [2.24, 2.45) is 0 Å². The van der Waals surface area contributed by atoms with Crippen LogP contribution in [0.4, 0.5) is 0 Å². The first-order valence-electron chi connectivity index (χ1n) is 19.6. The Morgan fingerprint density at radius 2 is 1.15 bits per heavy atom. The van der Waals surface area contributed by atoms with E-state index < -0.39 is 20.0 Å². The summed E-state index contributed by atoms with van der Waals surface area (Å²) >= 11 is 0. The Bertz CT molecular complexity index is 789. The van der Waals surface area contributed by atoms with Gasteiger partial charge in [-0.15, -0.1) is 0 Å². The van der Waals surface area contributed by atoms with Gasteiger partial charge in [0.25, 0.3) is 0 Å². The first-order valence-corrected chi connectivity index (χ1v) is 21.0. The third-order valence-electron chi connectivity index (χ3n) is 8.76. The maximum atomic E-state index is 12.8. The van der Waals surface area contributed by atoms with E-state index in [2.05, 4.69) is 31.3 Å². The molecule has 0 aliphatic carbocycles. The maximum Gasteiger partial charge on any atom is 0.472 e. The predicted octanol–water partition coefficient (Wildman–Crippen LogP) is 10.0. The van der Waals surface area contributed by atoms with E-state index in [-0.39, 0.29) is 19.1 Å². The van der Waals surface area contributed by atoms with E-state index in [1.807, 2.05) is 21.1 Å². The zero-order valence-corrected chi connectivity index (χ0v) is 32.4. The molecular weight excluding hydrogens is 611 g/mol. The van der Waals surface area contributed by atoms with Gasteiger partial charge in [0.2, 0.25) is 5.91 Å². The number of nitrogens with one attached hydrogen (secondary N) is 1. The number of likely N-dealkylation sites (N-methyl/N-ethyl adjacent to an activating group) is 1. The number of nitrogens with zero attached hydrogens (tertiary/aromatic N) is 1. The number of aliphatic hydroxyl groups excluding tert-OH is 1. The molecule has 0 heterocycles. The fraction of sp³-hybridized carbons (Fsp3) is 0.921. The van der Waals surface area contributed by atoms with E-state index in [0.29, 0.717) is 23.9 Å². The minimum atomic E-state index is -4.31. The number of carbonyl (C=O) groups is 1. The zero-order valence-electron chi connectivity index (χ0n) is 31.5. The van der Waals surface area contributed by atoms with Gasteiger partial charge in [-0.05, 0) is 38.5 Å². The van der Waals surface area contributed by atoms with Crippen molar-refractivity contribution in [1.29, 1.82) is 0 Å². The summed E-state index contributed by atoms with van der Waals surface area (Å²) in [7, 11) is 1.60. The second kappa shape index (κ2) is 31.2. The van der Waals surface area contributed by atoms with Gasteiger partial charge in [0.05, 0.1) is 39.9 Å². The van der Waals surface area contributed by atoms with Crippen LogP contribution >= 0.6 is 7.82 Å². The Kier molecular flexibility index (Phi) is 30.7. The lowest BCUT2D eigenvalue weighted by atomic mass is 10.0. The Labute approximate surface area is 291 Å². The highest BCUT2D eigenvalue weighted by Gasteiger charge is 2.28. The molecule has 8 nitrogen and oxygen atoms in total. The number of unbranched alkanes of at least 4 members (excludes halogenated alkanes) is 20. The molecule has 280 valence electrons. The third kappa shape index (κ3) is 33.5. The fourth-order valence-electron chi connectivity index (χ4n) is 5.57. The van der Waals surface area contributed by atoms with E-state index in [0.717, 1.165) is 44.9 Å². The van der Waals surface area contributed by atoms with Crippen molar-refractivity contribution in [1.82, 2.24) is 5.32 Å². The number of amides is 1. The SMILES string of the molecule is CCCCCC/C=C/CCCC[C@@H](O)[C@H](COP(=O)(O)OCC[N+](C)(C)C)NC(=O)CCCCCCCCCCCCCCCCC. The molecule has 0 aromatic rings. The average Bonchev–Trinajstić information content (AvgIpc) is 3.01. The summed E-state index contributed by atoms with van der Waals surface area (Å²) in [5.74, 6) is -0.155. The van der Waals surface area contributed by atoms with Crippen molar-refractivity contribution in [3.63, 3.8) is 0 Å². The van der Waals surface area contributed by atoms with Crippen LogP contribution in [-0.4, -0.2) is 73.4 Å². The Balaban J connectivity index is 4.42. The summed E-state index contributed by atoms with van der Waals surface area (Å²) in [6, 6.07) is -0.768. The summed E-state index contributed by atoms with van der Waals surface area (Å²) in [4.78, 5) is 23.0. The molecule has 0 spiro atoms. The topological polar surface area (TPSA) is 105 Å². The molecule has 0 rings (SSSR count). The lowest BCUT2D eigenvalue weighted by Gasteiger charge is -2.26. The molecule has 0 aliphatic rings. The summed E-state index contributed by atoms with van der Waals surface area (Å²) < 4.78 is 23.5. The molecule has 0 fully saturated rings. The van der Waals surface area contributed by atoms with Gasteiger partial charge in [0.1, 0.15) is 13.2 Å². The van der Waals surface area contributed by atoms with Crippen LogP contribution in [0.5, 0.6) is 0 Å². The number of rotatable bonds is 35. The number of phosphoric ester groups is 1. The molecule has 0 aromatic carbocycles. The van der Waals surface area contributed by atoms with Crippen molar-refractivity contribution in [3.05, 3.63) is 12.2 Å². The van der Waals surface area contributed by atoms with E-state index in [1.165, 1.54) is 103 Å². The highest BCUT2D eigenvalue weighted by Crippen LogP contribution is 2.43. The van der Waals surface area contributed by atoms with Crippen LogP contribution in [-0.2, 0) is 18.4 Å². The summed E-state index contributed by atoms with van der Waals surface area (Å²) in [6.45, 7) is 4.83. The number of quaternary nitrogens is 1. The van der Waals surface area contributed by atoms with E-state index in [4.69, 9.17) is 9.05 Å². The van der Waals surface area contributed by atoms with Crippen molar-refractivity contribution in [2.75, 3.05) is 40.9 Å². The predicted molar refractivity (Wildman–Crippen MR) is 198 cm³/mol.